The largest absolute Gasteiger partial charge is 0.375 e. The molecule has 1 saturated heterocycles. The van der Waals surface area contributed by atoms with E-state index >= 15 is 0 Å². The van der Waals surface area contributed by atoms with Gasteiger partial charge in [0.1, 0.15) is 23.1 Å². The van der Waals surface area contributed by atoms with Crippen molar-refractivity contribution in [2.45, 2.75) is 26.4 Å². The van der Waals surface area contributed by atoms with E-state index in [2.05, 4.69) is 25.5 Å². The van der Waals surface area contributed by atoms with Gasteiger partial charge in [0, 0.05) is 56.1 Å². The standard InChI is InChI=1S/C23H26N8O/c1-2-32-16-18-6-5-7-19(26-18)27-23-28-20(15-22(29-23)30-10-3-4-11-30)25-17-8-12-31-13-9-24-21(31)14-17/h5-9,12-15H,2-4,10-11,16H2,1H3,(H2,25,26,27,28,29). The van der Waals surface area contributed by atoms with Crippen molar-refractivity contribution in [3.63, 3.8) is 0 Å². The maximum Gasteiger partial charge on any atom is 0.232 e. The minimum absolute atomic E-state index is 0.476. The van der Waals surface area contributed by atoms with Crippen molar-refractivity contribution in [1.29, 1.82) is 0 Å². The van der Waals surface area contributed by atoms with Crippen molar-refractivity contribution in [2.24, 2.45) is 0 Å². The minimum atomic E-state index is 0.476. The molecule has 164 valence electrons. The Hall–Kier alpha value is -3.72. The molecule has 0 aliphatic carbocycles. The lowest BCUT2D eigenvalue weighted by atomic mass is 10.3. The first-order chi connectivity index (χ1) is 15.8. The fourth-order valence-electron chi connectivity index (χ4n) is 3.75. The molecule has 9 heteroatoms. The van der Waals surface area contributed by atoms with Gasteiger partial charge in [-0.25, -0.2) is 9.97 Å². The molecule has 4 aromatic heterocycles. The summed E-state index contributed by atoms with van der Waals surface area (Å²) in [4.78, 5) is 20.7. The predicted molar refractivity (Wildman–Crippen MR) is 125 cm³/mol. The highest BCUT2D eigenvalue weighted by Gasteiger charge is 2.16. The van der Waals surface area contributed by atoms with Crippen LogP contribution >= 0.6 is 0 Å². The van der Waals surface area contributed by atoms with E-state index in [0.717, 1.165) is 35.9 Å². The van der Waals surface area contributed by atoms with Crippen LogP contribution < -0.4 is 15.5 Å². The molecule has 4 aromatic rings. The van der Waals surface area contributed by atoms with Crippen LogP contribution in [0.2, 0.25) is 0 Å². The summed E-state index contributed by atoms with van der Waals surface area (Å²) in [6, 6.07) is 11.8. The Kier molecular flexibility index (Phi) is 5.80. The Morgan fingerprint density at radius 2 is 1.88 bits per heavy atom. The molecule has 0 bridgehead atoms. The summed E-state index contributed by atoms with van der Waals surface area (Å²) in [5.41, 5.74) is 2.65. The van der Waals surface area contributed by atoms with Crippen molar-refractivity contribution >= 4 is 34.7 Å². The highest BCUT2D eigenvalue weighted by atomic mass is 16.5. The van der Waals surface area contributed by atoms with E-state index in [4.69, 9.17) is 14.7 Å². The lowest BCUT2D eigenvalue weighted by Crippen LogP contribution is -2.20. The molecule has 9 nitrogen and oxygen atoms in total. The maximum absolute atomic E-state index is 5.48. The van der Waals surface area contributed by atoms with Gasteiger partial charge in [0.15, 0.2) is 0 Å². The number of fused-ring (bicyclic) bond motifs is 1. The van der Waals surface area contributed by atoms with Gasteiger partial charge >= 0.3 is 0 Å². The van der Waals surface area contributed by atoms with Crippen molar-refractivity contribution in [3.05, 3.63) is 60.7 Å². The summed E-state index contributed by atoms with van der Waals surface area (Å²) in [5.74, 6) is 2.80. The molecule has 5 heterocycles. The molecule has 0 saturated carbocycles. The van der Waals surface area contributed by atoms with Gasteiger partial charge in [0.25, 0.3) is 0 Å². The van der Waals surface area contributed by atoms with Gasteiger partial charge in [0.2, 0.25) is 5.95 Å². The van der Waals surface area contributed by atoms with Gasteiger partial charge in [-0.15, -0.1) is 0 Å². The van der Waals surface area contributed by atoms with Crippen molar-refractivity contribution < 1.29 is 4.74 Å². The predicted octanol–water partition coefficient (Wildman–Crippen LogP) is 4.14. The number of anilines is 5. The second-order valence-electron chi connectivity index (χ2n) is 7.64. The summed E-state index contributed by atoms with van der Waals surface area (Å²) in [6.07, 6.45) is 8.02. The van der Waals surface area contributed by atoms with E-state index in [9.17, 15) is 0 Å². The molecule has 0 amide bonds. The number of nitrogens with zero attached hydrogens (tertiary/aromatic N) is 6. The van der Waals surface area contributed by atoms with Crippen LogP contribution in [0.3, 0.4) is 0 Å². The van der Waals surface area contributed by atoms with E-state index in [1.54, 1.807) is 6.20 Å². The van der Waals surface area contributed by atoms with Crippen LogP contribution in [0.25, 0.3) is 5.65 Å². The Labute approximate surface area is 186 Å². The van der Waals surface area contributed by atoms with Crippen LogP contribution in [-0.4, -0.2) is 44.0 Å². The average Bonchev–Trinajstić information content (AvgIpc) is 3.50. The monoisotopic (exact) mass is 430 g/mol. The SMILES string of the molecule is CCOCc1cccc(Nc2nc(Nc3ccn4ccnc4c3)cc(N3CCCC3)n2)n1. The topological polar surface area (TPSA) is 92.5 Å². The lowest BCUT2D eigenvalue weighted by molar-refractivity contribution is 0.131. The van der Waals surface area contributed by atoms with Crippen LogP contribution in [0.1, 0.15) is 25.5 Å². The molecule has 2 N–H and O–H groups in total. The highest BCUT2D eigenvalue weighted by molar-refractivity contribution is 5.65. The highest BCUT2D eigenvalue weighted by Crippen LogP contribution is 2.26. The van der Waals surface area contributed by atoms with Gasteiger partial charge in [-0.05, 0) is 38.0 Å². The van der Waals surface area contributed by atoms with E-state index < -0.39 is 0 Å². The number of ether oxygens (including phenoxy) is 1. The van der Waals surface area contributed by atoms with Gasteiger partial charge in [-0.2, -0.15) is 9.97 Å². The van der Waals surface area contributed by atoms with E-state index in [0.29, 0.717) is 30.8 Å². The van der Waals surface area contributed by atoms with Crippen LogP contribution in [0.5, 0.6) is 0 Å². The van der Waals surface area contributed by atoms with Gasteiger partial charge < -0.3 is 24.7 Å². The van der Waals surface area contributed by atoms with Crippen LogP contribution in [0.15, 0.2) is 55.0 Å². The first-order valence-corrected chi connectivity index (χ1v) is 10.9. The molecule has 1 aliphatic rings. The zero-order valence-corrected chi connectivity index (χ0v) is 18.0. The Balaban J connectivity index is 1.43. The molecule has 0 radical (unpaired) electrons. The lowest BCUT2D eigenvalue weighted by Gasteiger charge is -2.19. The summed E-state index contributed by atoms with van der Waals surface area (Å²) in [7, 11) is 0. The molecule has 1 fully saturated rings. The minimum Gasteiger partial charge on any atom is -0.375 e. The molecule has 0 atom stereocenters. The number of nitrogens with one attached hydrogen (secondary N) is 2. The number of rotatable bonds is 8. The molecule has 0 aromatic carbocycles. The molecule has 0 spiro atoms. The molecule has 0 unspecified atom stereocenters. The summed E-state index contributed by atoms with van der Waals surface area (Å²) >= 11 is 0. The number of imidazole rings is 1. The van der Waals surface area contributed by atoms with Crippen molar-refractivity contribution in [1.82, 2.24) is 24.3 Å². The molecular weight excluding hydrogens is 404 g/mol. The number of pyridine rings is 2. The molecular formula is C23H26N8O. The Morgan fingerprint density at radius 1 is 0.969 bits per heavy atom. The number of hydrogen-bond acceptors (Lipinski definition) is 8. The zero-order valence-electron chi connectivity index (χ0n) is 18.0. The first kappa shape index (κ1) is 20.2. The van der Waals surface area contributed by atoms with Gasteiger partial charge in [0.05, 0.1) is 12.3 Å². The van der Waals surface area contributed by atoms with Gasteiger partial charge in [-0.1, -0.05) is 6.07 Å². The molecule has 32 heavy (non-hydrogen) atoms. The normalized spacial score (nSPS) is 13.6. The smallest absolute Gasteiger partial charge is 0.232 e. The van der Waals surface area contributed by atoms with Crippen molar-refractivity contribution in [3.8, 4) is 0 Å². The van der Waals surface area contributed by atoms with Crippen molar-refractivity contribution in [2.75, 3.05) is 35.2 Å². The second-order valence-corrected chi connectivity index (χ2v) is 7.64. The fourth-order valence-corrected chi connectivity index (χ4v) is 3.75. The summed E-state index contributed by atoms with van der Waals surface area (Å²) in [6.45, 7) is 5.10. The third-order valence-corrected chi connectivity index (χ3v) is 5.31. The Bertz CT molecular complexity index is 1200. The maximum atomic E-state index is 5.48. The Morgan fingerprint density at radius 3 is 2.75 bits per heavy atom. The quantitative estimate of drug-likeness (QED) is 0.431. The van der Waals surface area contributed by atoms with Crippen LogP contribution in [-0.2, 0) is 11.3 Å². The van der Waals surface area contributed by atoms with E-state index in [1.807, 2.05) is 60.1 Å². The van der Waals surface area contributed by atoms with E-state index in [-0.39, 0.29) is 0 Å². The number of hydrogen-bond donors (Lipinski definition) is 2. The summed E-state index contributed by atoms with van der Waals surface area (Å²) < 4.78 is 7.44. The van der Waals surface area contributed by atoms with Gasteiger partial charge in [-0.3, -0.25) is 0 Å². The molecule has 1 aliphatic heterocycles. The first-order valence-electron chi connectivity index (χ1n) is 10.9. The third kappa shape index (κ3) is 4.62. The second kappa shape index (κ2) is 9.19. The van der Waals surface area contributed by atoms with E-state index in [1.165, 1.54) is 12.8 Å². The average molecular weight is 431 g/mol. The van der Waals surface area contributed by atoms with Crippen LogP contribution in [0.4, 0.5) is 29.1 Å². The zero-order chi connectivity index (χ0) is 21.8. The fraction of sp³-hybridized carbons (Fsp3) is 0.304. The van der Waals surface area contributed by atoms with Crippen LogP contribution in [0, 0.1) is 0 Å². The summed E-state index contributed by atoms with van der Waals surface area (Å²) in [5, 5.41) is 6.67. The number of aromatic nitrogens is 5. The molecule has 5 rings (SSSR count). The third-order valence-electron chi connectivity index (χ3n) is 5.31.